The largest absolute Gasteiger partial charge is 0.465 e. The van der Waals surface area contributed by atoms with Crippen LogP contribution in [-0.4, -0.2) is 31.6 Å². The highest BCUT2D eigenvalue weighted by molar-refractivity contribution is 5.90. The number of hydrogen-bond donors (Lipinski definition) is 1. The molecule has 3 rings (SSSR count). The molecule has 1 saturated heterocycles. The molecule has 1 fully saturated rings. The molecule has 6 heteroatoms. The van der Waals surface area contributed by atoms with Crippen molar-refractivity contribution in [3.63, 3.8) is 0 Å². The summed E-state index contributed by atoms with van der Waals surface area (Å²) in [6.45, 7) is 0.741. The number of ether oxygens (including phenoxy) is 1. The summed E-state index contributed by atoms with van der Waals surface area (Å²) < 4.78 is 4.71. The van der Waals surface area contributed by atoms with E-state index >= 15 is 0 Å². The van der Waals surface area contributed by atoms with E-state index in [1.807, 2.05) is 47.4 Å². The van der Waals surface area contributed by atoms with Gasteiger partial charge in [-0.2, -0.15) is 0 Å². The Morgan fingerprint density at radius 1 is 1.08 bits per heavy atom. The van der Waals surface area contributed by atoms with Gasteiger partial charge in [-0.25, -0.2) is 4.79 Å². The van der Waals surface area contributed by atoms with Crippen molar-refractivity contribution in [3.05, 3.63) is 65.7 Å². The first kappa shape index (κ1) is 18.8. The van der Waals surface area contributed by atoms with Gasteiger partial charge in [0.05, 0.1) is 12.7 Å². The summed E-state index contributed by atoms with van der Waals surface area (Å²) in [6.07, 6.45) is 0.858. The minimum Gasteiger partial charge on any atom is -0.465 e. The Morgan fingerprint density at radius 3 is 2.28 bits per heavy atom. The lowest BCUT2D eigenvalue weighted by molar-refractivity contribution is -0.119. The fraction of sp³-hybridized carbons (Fsp3) is 0.263. The summed E-state index contributed by atoms with van der Waals surface area (Å²) in [5, 5.41) is 0. The molecule has 1 aliphatic heterocycles. The summed E-state index contributed by atoms with van der Waals surface area (Å²) in [6, 6.07) is 16.6. The van der Waals surface area contributed by atoms with Crippen LogP contribution in [0.5, 0.6) is 0 Å². The second kappa shape index (κ2) is 8.03. The van der Waals surface area contributed by atoms with Crippen molar-refractivity contribution in [1.29, 1.82) is 0 Å². The van der Waals surface area contributed by atoms with Crippen LogP contribution in [0.15, 0.2) is 54.6 Å². The molecule has 2 N–H and O–H groups in total. The van der Waals surface area contributed by atoms with Gasteiger partial charge in [-0.3, -0.25) is 4.79 Å². The molecule has 2 atom stereocenters. The fourth-order valence-corrected chi connectivity index (χ4v) is 3.39. The van der Waals surface area contributed by atoms with E-state index in [2.05, 4.69) is 0 Å². The van der Waals surface area contributed by atoms with Crippen molar-refractivity contribution < 1.29 is 14.3 Å². The van der Waals surface area contributed by atoms with E-state index in [1.54, 1.807) is 12.1 Å². The van der Waals surface area contributed by atoms with Crippen molar-refractivity contribution in [2.75, 3.05) is 18.6 Å². The van der Waals surface area contributed by atoms with Gasteiger partial charge in [0, 0.05) is 18.2 Å². The van der Waals surface area contributed by atoms with Crippen LogP contribution in [0.4, 0.5) is 5.69 Å². The lowest BCUT2D eigenvalue weighted by Crippen LogP contribution is -2.43. The number of nitrogens with zero attached hydrogens (tertiary/aromatic N) is 1. The zero-order valence-corrected chi connectivity index (χ0v) is 14.7. The number of methoxy groups -OCH3 is 1. The third kappa shape index (κ3) is 3.77. The monoisotopic (exact) mass is 360 g/mol. The Hall–Kier alpha value is -2.53. The zero-order chi connectivity index (χ0) is 17.1. The number of anilines is 1. The molecule has 0 saturated carbocycles. The fourth-order valence-electron chi connectivity index (χ4n) is 3.39. The SMILES string of the molecule is COC(=O)c1ccc(N2CCC(c3ccccc3)C2C(N)=O)cc1.Cl. The smallest absolute Gasteiger partial charge is 0.337 e. The maximum Gasteiger partial charge on any atom is 0.337 e. The number of carbonyl (C=O) groups is 2. The molecular formula is C19H21ClN2O3. The van der Waals surface area contributed by atoms with E-state index in [4.69, 9.17) is 10.5 Å². The first-order valence-corrected chi connectivity index (χ1v) is 7.91. The van der Waals surface area contributed by atoms with Crippen molar-refractivity contribution in [3.8, 4) is 0 Å². The van der Waals surface area contributed by atoms with Gasteiger partial charge in [0.15, 0.2) is 0 Å². The minimum atomic E-state index is -0.392. The maximum absolute atomic E-state index is 12.1. The molecule has 2 aromatic rings. The van der Waals surface area contributed by atoms with Crippen LogP contribution in [0.25, 0.3) is 0 Å². The van der Waals surface area contributed by atoms with E-state index in [0.29, 0.717) is 5.56 Å². The van der Waals surface area contributed by atoms with Gasteiger partial charge in [-0.05, 0) is 36.2 Å². The van der Waals surface area contributed by atoms with E-state index in [0.717, 1.165) is 24.2 Å². The molecule has 0 aliphatic carbocycles. The molecule has 132 valence electrons. The van der Waals surface area contributed by atoms with Crippen LogP contribution in [0.1, 0.15) is 28.3 Å². The van der Waals surface area contributed by atoms with Crippen LogP contribution < -0.4 is 10.6 Å². The van der Waals surface area contributed by atoms with Crippen LogP contribution >= 0.6 is 12.4 Å². The highest BCUT2D eigenvalue weighted by atomic mass is 35.5. The normalized spacial score (nSPS) is 19.2. The lowest BCUT2D eigenvalue weighted by atomic mass is 9.91. The average Bonchev–Trinajstić information content (AvgIpc) is 3.07. The molecular weight excluding hydrogens is 340 g/mol. The van der Waals surface area contributed by atoms with Crippen molar-refractivity contribution >= 4 is 30.0 Å². The third-order valence-electron chi connectivity index (χ3n) is 4.54. The number of halogens is 1. The van der Waals surface area contributed by atoms with Crippen LogP contribution in [-0.2, 0) is 9.53 Å². The molecule has 25 heavy (non-hydrogen) atoms. The quantitative estimate of drug-likeness (QED) is 0.851. The molecule has 5 nitrogen and oxygen atoms in total. The molecule has 0 aromatic heterocycles. The number of primary amides is 1. The lowest BCUT2D eigenvalue weighted by Gasteiger charge is -2.27. The van der Waals surface area contributed by atoms with E-state index in [-0.39, 0.29) is 30.2 Å². The van der Waals surface area contributed by atoms with E-state index in [9.17, 15) is 9.59 Å². The second-order valence-corrected chi connectivity index (χ2v) is 5.88. The standard InChI is InChI=1S/C19H20N2O3.ClH/c1-24-19(23)14-7-9-15(10-8-14)21-12-11-16(17(21)18(20)22)13-5-3-2-4-6-13;/h2-10,16-17H,11-12H2,1H3,(H2,20,22);1H. The Balaban J connectivity index is 0.00000225. The van der Waals surface area contributed by atoms with Gasteiger partial charge < -0.3 is 15.4 Å². The Labute approximate surface area is 153 Å². The second-order valence-electron chi connectivity index (χ2n) is 5.88. The van der Waals surface area contributed by atoms with E-state index < -0.39 is 6.04 Å². The predicted octanol–water partition coefficient (Wildman–Crippen LogP) is 2.74. The maximum atomic E-state index is 12.1. The highest BCUT2D eigenvalue weighted by Gasteiger charge is 2.39. The number of esters is 1. The summed E-state index contributed by atoms with van der Waals surface area (Å²) >= 11 is 0. The predicted molar refractivity (Wildman–Crippen MR) is 99.2 cm³/mol. The van der Waals surface area contributed by atoms with Gasteiger partial charge in [-0.15, -0.1) is 12.4 Å². The molecule has 2 aromatic carbocycles. The summed E-state index contributed by atoms with van der Waals surface area (Å²) in [4.78, 5) is 25.7. The summed E-state index contributed by atoms with van der Waals surface area (Å²) in [7, 11) is 1.35. The molecule has 0 radical (unpaired) electrons. The van der Waals surface area contributed by atoms with Crippen molar-refractivity contribution in [2.24, 2.45) is 5.73 Å². The molecule has 2 unspecified atom stereocenters. The van der Waals surface area contributed by atoms with Crippen molar-refractivity contribution in [1.82, 2.24) is 0 Å². The molecule has 0 spiro atoms. The van der Waals surface area contributed by atoms with Gasteiger partial charge in [-0.1, -0.05) is 30.3 Å². The van der Waals surface area contributed by atoms with Crippen LogP contribution in [0, 0.1) is 0 Å². The first-order valence-electron chi connectivity index (χ1n) is 7.91. The molecule has 1 heterocycles. The van der Waals surface area contributed by atoms with Gasteiger partial charge >= 0.3 is 5.97 Å². The highest BCUT2D eigenvalue weighted by Crippen LogP contribution is 2.36. The molecule has 0 bridgehead atoms. The number of rotatable bonds is 4. The number of hydrogen-bond acceptors (Lipinski definition) is 4. The number of carbonyl (C=O) groups excluding carboxylic acids is 2. The Morgan fingerprint density at radius 2 is 1.72 bits per heavy atom. The van der Waals surface area contributed by atoms with Gasteiger partial charge in [0.1, 0.15) is 6.04 Å². The summed E-state index contributed by atoms with van der Waals surface area (Å²) in [5.41, 5.74) is 8.18. The van der Waals surface area contributed by atoms with Crippen LogP contribution in [0.2, 0.25) is 0 Å². The third-order valence-corrected chi connectivity index (χ3v) is 4.54. The van der Waals surface area contributed by atoms with Crippen molar-refractivity contribution in [2.45, 2.75) is 18.4 Å². The minimum absolute atomic E-state index is 0. The Kier molecular flexibility index (Phi) is 6.04. The number of benzene rings is 2. The number of nitrogens with two attached hydrogens (primary N) is 1. The zero-order valence-electron chi connectivity index (χ0n) is 13.9. The van der Waals surface area contributed by atoms with Gasteiger partial charge in [0.25, 0.3) is 0 Å². The topological polar surface area (TPSA) is 72.6 Å². The summed E-state index contributed by atoms with van der Waals surface area (Å²) in [5.74, 6) is -0.640. The van der Waals surface area contributed by atoms with Gasteiger partial charge in [0.2, 0.25) is 5.91 Å². The molecule has 1 aliphatic rings. The Bertz CT molecular complexity index is 734. The first-order chi connectivity index (χ1) is 11.6. The number of amides is 1. The van der Waals surface area contributed by atoms with E-state index in [1.165, 1.54) is 7.11 Å². The molecule has 1 amide bonds. The average molecular weight is 361 g/mol. The van der Waals surface area contributed by atoms with Crippen LogP contribution in [0.3, 0.4) is 0 Å².